The molecule has 6 nitrogen and oxygen atoms in total. The van der Waals surface area contributed by atoms with Gasteiger partial charge in [0.25, 0.3) is 0 Å². The molecule has 0 heterocycles. The van der Waals surface area contributed by atoms with Gasteiger partial charge in [-0.15, -0.1) is 0 Å². The molecule has 106 valence electrons. The summed E-state index contributed by atoms with van der Waals surface area (Å²) < 4.78 is 10.1. The lowest BCUT2D eigenvalue weighted by molar-refractivity contribution is 0.0635. The largest absolute Gasteiger partial charge is 0.503 e. The molecule has 0 aromatic heterocycles. The molecule has 0 saturated heterocycles. The quantitative estimate of drug-likeness (QED) is 0.731. The molecule has 4 N–H and O–H groups in total. The van der Waals surface area contributed by atoms with Crippen LogP contribution in [0.5, 0.6) is 11.5 Å². The molecule has 19 heavy (non-hydrogen) atoms. The number of anilines is 1. The zero-order valence-corrected chi connectivity index (χ0v) is 11.6. The fourth-order valence-electron chi connectivity index (χ4n) is 1.45. The lowest BCUT2D eigenvalue weighted by Crippen LogP contribution is -2.27. The normalized spacial score (nSPS) is 11.0. The molecule has 0 aliphatic rings. The van der Waals surface area contributed by atoms with Gasteiger partial charge in [-0.3, -0.25) is 5.32 Å². The van der Waals surface area contributed by atoms with Crippen LogP contribution >= 0.6 is 0 Å². The number of nitrogens with two attached hydrogens (primary N) is 1. The van der Waals surface area contributed by atoms with Gasteiger partial charge in [-0.05, 0) is 38.5 Å². The van der Waals surface area contributed by atoms with Crippen molar-refractivity contribution in [2.75, 3.05) is 12.4 Å². The third-order valence-electron chi connectivity index (χ3n) is 2.23. The summed E-state index contributed by atoms with van der Waals surface area (Å²) in [5.41, 5.74) is 5.85. The number of benzene rings is 1. The molecule has 1 rings (SSSR count). The van der Waals surface area contributed by atoms with Gasteiger partial charge in [-0.25, -0.2) is 4.79 Å². The smallest absolute Gasteiger partial charge is 0.412 e. The standard InChI is InChI=1S/C13H20N2O4/c1-13(2,3)19-12(17)15-9-5-8(7-14)6-10(18-4)11(9)16/h5-6,16H,7,14H2,1-4H3,(H,15,17). The highest BCUT2D eigenvalue weighted by Crippen LogP contribution is 2.35. The van der Waals surface area contributed by atoms with Crippen LogP contribution in [0.1, 0.15) is 26.3 Å². The second-order valence-electron chi connectivity index (χ2n) is 5.03. The van der Waals surface area contributed by atoms with Gasteiger partial charge in [-0.1, -0.05) is 0 Å². The van der Waals surface area contributed by atoms with E-state index in [1.807, 2.05) is 0 Å². The maximum Gasteiger partial charge on any atom is 0.412 e. The van der Waals surface area contributed by atoms with Gasteiger partial charge in [0.2, 0.25) is 0 Å². The number of amides is 1. The average Bonchev–Trinajstić information content (AvgIpc) is 2.29. The molecule has 6 heteroatoms. The monoisotopic (exact) mass is 268 g/mol. The summed E-state index contributed by atoms with van der Waals surface area (Å²) in [6, 6.07) is 3.18. The van der Waals surface area contributed by atoms with E-state index in [0.29, 0.717) is 0 Å². The van der Waals surface area contributed by atoms with Crippen molar-refractivity contribution in [2.24, 2.45) is 5.73 Å². The van der Waals surface area contributed by atoms with Crippen molar-refractivity contribution in [2.45, 2.75) is 32.9 Å². The summed E-state index contributed by atoms with van der Waals surface area (Å²) in [5.74, 6) is 0.0829. The highest BCUT2D eigenvalue weighted by molar-refractivity contribution is 5.88. The number of phenols is 1. The Morgan fingerprint density at radius 3 is 2.53 bits per heavy atom. The third kappa shape index (κ3) is 4.33. The molecular weight excluding hydrogens is 248 g/mol. The number of nitrogens with one attached hydrogen (secondary N) is 1. The number of carbonyl (C=O) groups excluding carboxylic acids is 1. The van der Waals surface area contributed by atoms with Crippen LogP contribution in [-0.2, 0) is 11.3 Å². The Hall–Kier alpha value is -1.95. The molecule has 0 aliphatic carbocycles. The number of phenolic OH excluding ortho intramolecular Hbond substituents is 1. The predicted molar refractivity (Wildman–Crippen MR) is 72.4 cm³/mol. The Kier molecular flexibility index (Phi) is 4.61. The van der Waals surface area contributed by atoms with Crippen molar-refractivity contribution >= 4 is 11.8 Å². The molecule has 0 radical (unpaired) electrons. The second kappa shape index (κ2) is 5.79. The molecule has 0 saturated carbocycles. The minimum Gasteiger partial charge on any atom is -0.503 e. The molecule has 0 aliphatic heterocycles. The molecule has 0 atom stereocenters. The molecule has 1 aromatic carbocycles. The van der Waals surface area contributed by atoms with E-state index in [-0.39, 0.29) is 23.7 Å². The molecule has 0 unspecified atom stereocenters. The Morgan fingerprint density at radius 1 is 1.42 bits per heavy atom. The van der Waals surface area contributed by atoms with Crippen molar-refractivity contribution < 1.29 is 19.4 Å². The van der Waals surface area contributed by atoms with Crippen LogP contribution in [0.15, 0.2) is 12.1 Å². The first kappa shape index (κ1) is 15.1. The van der Waals surface area contributed by atoms with Crippen LogP contribution in [0.25, 0.3) is 0 Å². The maximum absolute atomic E-state index is 11.7. The van der Waals surface area contributed by atoms with E-state index in [1.54, 1.807) is 32.9 Å². The zero-order chi connectivity index (χ0) is 14.6. The summed E-state index contributed by atoms with van der Waals surface area (Å²) in [6.07, 6.45) is -0.654. The van der Waals surface area contributed by atoms with Gasteiger partial charge < -0.3 is 20.3 Å². The van der Waals surface area contributed by atoms with Gasteiger partial charge in [0.05, 0.1) is 12.8 Å². The molecular formula is C13H20N2O4. The van der Waals surface area contributed by atoms with Crippen molar-refractivity contribution in [1.29, 1.82) is 0 Å². The molecule has 1 aromatic rings. The van der Waals surface area contributed by atoms with E-state index >= 15 is 0 Å². The fraction of sp³-hybridized carbons (Fsp3) is 0.462. The Labute approximate surface area is 112 Å². The highest BCUT2D eigenvalue weighted by atomic mass is 16.6. The van der Waals surface area contributed by atoms with Crippen molar-refractivity contribution in [3.8, 4) is 11.5 Å². The average molecular weight is 268 g/mol. The van der Waals surface area contributed by atoms with E-state index in [0.717, 1.165) is 5.56 Å². The Bertz CT molecular complexity index is 466. The van der Waals surface area contributed by atoms with Crippen molar-refractivity contribution in [3.05, 3.63) is 17.7 Å². The first-order chi connectivity index (χ1) is 8.76. The zero-order valence-electron chi connectivity index (χ0n) is 11.6. The van der Waals surface area contributed by atoms with E-state index in [4.69, 9.17) is 15.2 Å². The van der Waals surface area contributed by atoms with Crippen LogP contribution in [0, 0.1) is 0 Å². The van der Waals surface area contributed by atoms with Gasteiger partial charge in [0, 0.05) is 6.54 Å². The van der Waals surface area contributed by atoms with E-state index in [1.165, 1.54) is 7.11 Å². The van der Waals surface area contributed by atoms with E-state index in [9.17, 15) is 9.90 Å². The summed E-state index contributed by atoms with van der Waals surface area (Å²) in [4.78, 5) is 11.7. The topological polar surface area (TPSA) is 93.8 Å². The van der Waals surface area contributed by atoms with Crippen LogP contribution in [0.2, 0.25) is 0 Å². The first-order valence-electron chi connectivity index (χ1n) is 5.86. The molecule has 0 bridgehead atoms. The predicted octanol–water partition coefficient (Wildman–Crippen LogP) is 2.21. The molecule has 1 amide bonds. The van der Waals surface area contributed by atoms with Crippen LogP contribution in [0.3, 0.4) is 0 Å². The van der Waals surface area contributed by atoms with E-state index in [2.05, 4.69) is 5.32 Å². The Balaban J connectivity index is 2.97. The number of ether oxygens (including phenoxy) is 2. The van der Waals surface area contributed by atoms with Crippen LogP contribution < -0.4 is 15.8 Å². The van der Waals surface area contributed by atoms with Gasteiger partial charge in [-0.2, -0.15) is 0 Å². The van der Waals surface area contributed by atoms with Gasteiger partial charge >= 0.3 is 6.09 Å². The summed E-state index contributed by atoms with van der Waals surface area (Å²) in [5, 5.41) is 12.4. The van der Waals surface area contributed by atoms with Crippen LogP contribution in [-0.4, -0.2) is 23.9 Å². The highest BCUT2D eigenvalue weighted by Gasteiger charge is 2.18. The maximum atomic E-state index is 11.7. The van der Waals surface area contributed by atoms with E-state index < -0.39 is 11.7 Å². The number of rotatable bonds is 3. The summed E-state index contributed by atoms with van der Waals surface area (Å²) in [7, 11) is 1.42. The van der Waals surface area contributed by atoms with Gasteiger partial charge in [0.1, 0.15) is 5.60 Å². The molecule has 0 fully saturated rings. The van der Waals surface area contributed by atoms with Crippen molar-refractivity contribution in [3.63, 3.8) is 0 Å². The summed E-state index contributed by atoms with van der Waals surface area (Å²) in [6.45, 7) is 5.52. The lowest BCUT2D eigenvalue weighted by atomic mass is 10.1. The first-order valence-corrected chi connectivity index (χ1v) is 5.86. The van der Waals surface area contributed by atoms with Crippen LogP contribution in [0.4, 0.5) is 10.5 Å². The Morgan fingerprint density at radius 2 is 2.05 bits per heavy atom. The number of hydrogen-bond donors (Lipinski definition) is 3. The minimum atomic E-state index is -0.654. The van der Waals surface area contributed by atoms with Crippen molar-refractivity contribution in [1.82, 2.24) is 0 Å². The second-order valence-corrected chi connectivity index (χ2v) is 5.03. The number of aromatic hydroxyl groups is 1. The third-order valence-corrected chi connectivity index (χ3v) is 2.23. The lowest BCUT2D eigenvalue weighted by Gasteiger charge is -2.20. The SMILES string of the molecule is COc1cc(CN)cc(NC(=O)OC(C)(C)C)c1O. The number of hydrogen-bond acceptors (Lipinski definition) is 5. The fourth-order valence-corrected chi connectivity index (χ4v) is 1.45. The summed E-state index contributed by atoms with van der Waals surface area (Å²) >= 11 is 0. The van der Waals surface area contributed by atoms with Gasteiger partial charge in [0.15, 0.2) is 11.5 Å². The number of carbonyl (C=O) groups is 1. The molecule has 0 spiro atoms. The minimum absolute atomic E-state index is 0.162. The number of methoxy groups -OCH3 is 1.